The van der Waals surface area contributed by atoms with E-state index in [1.807, 2.05) is 18.2 Å². The van der Waals surface area contributed by atoms with Crippen LogP contribution in [0.15, 0.2) is 30.3 Å². The van der Waals surface area contributed by atoms with Gasteiger partial charge in [-0.3, -0.25) is 0 Å². The van der Waals surface area contributed by atoms with Crippen LogP contribution in [0.2, 0.25) is 0 Å². The van der Waals surface area contributed by atoms with Gasteiger partial charge in [-0.2, -0.15) is 0 Å². The molecule has 2 N–H and O–H groups in total. The summed E-state index contributed by atoms with van der Waals surface area (Å²) < 4.78 is 0. The van der Waals surface area contributed by atoms with Gasteiger partial charge in [0, 0.05) is 6.61 Å². The molecule has 15 heavy (non-hydrogen) atoms. The number of hydrogen-bond acceptors (Lipinski definition) is 3. The maximum atomic E-state index is 8.44. The van der Waals surface area contributed by atoms with Crippen LogP contribution in [0.4, 0.5) is 4.79 Å². The van der Waals surface area contributed by atoms with Crippen molar-refractivity contribution in [2.24, 2.45) is 0 Å². The van der Waals surface area contributed by atoms with Crippen LogP contribution in [0, 0.1) is 6.92 Å². The predicted molar refractivity (Wildman–Crippen MR) is 52.0 cm³/mol. The normalized spacial score (nSPS) is 6.87. The summed E-state index contributed by atoms with van der Waals surface area (Å²) in [6, 6.07) is 10.3. The van der Waals surface area contributed by atoms with Crippen LogP contribution in [0.25, 0.3) is 0 Å². The molecule has 0 spiro atoms. The van der Waals surface area contributed by atoms with Crippen molar-refractivity contribution in [3.8, 4) is 0 Å². The molecule has 0 aliphatic rings. The van der Waals surface area contributed by atoms with Gasteiger partial charge in [-0.1, -0.05) is 35.9 Å². The van der Waals surface area contributed by atoms with Gasteiger partial charge >= 0.3 is 29.6 Å². The van der Waals surface area contributed by atoms with E-state index in [2.05, 4.69) is 19.1 Å². The van der Waals surface area contributed by atoms with Crippen LogP contribution in [0.1, 0.15) is 12.5 Å². The Morgan fingerprint density at radius 2 is 1.60 bits per heavy atom. The van der Waals surface area contributed by atoms with Gasteiger partial charge in [-0.25, -0.2) is 0 Å². The van der Waals surface area contributed by atoms with Gasteiger partial charge in [0.2, 0.25) is 6.16 Å². The minimum atomic E-state index is -2.08. The standard InChI is InChI=1S/C7H8.C2H6O.CH2O3.Na/c1-7-5-3-2-4-6-7;1-2-3;2-1(3)4;/h2-6H,1H3;3H,2H2,1H3;(H2,2,3,4);/q;;;+1/p-1. The summed E-state index contributed by atoms with van der Waals surface area (Å²) in [7, 11) is 0. The second-order valence-electron chi connectivity index (χ2n) is 2.24. The van der Waals surface area contributed by atoms with Crippen molar-refractivity contribution in [3.05, 3.63) is 35.9 Å². The molecule has 5 heteroatoms. The van der Waals surface area contributed by atoms with E-state index in [4.69, 9.17) is 20.1 Å². The molecule has 4 nitrogen and oxygen atoms in total. The van der Waals surface area contributed by atoms with Gasteiger partial charge < -0.3 is 20.1 Å². The van der Waals surface area contributed by atoms with Gasteiger partial charge in [0.15, 0.2) is 0 Å². The fraction of sp³-hybridized carbons (Fsp3) is 0.300. The zero-order chi connectivity index (χ0) is 11.4. The van der Waals surface area contributed by atoms with E-state index < -0.39 is 6.16 Å². The largest absolute Gasteiger partial charge is 1.00 e. The summed E-state index contributed by atoms with van der Waals surface area (Å²) in [5.41, 5.74) is 1.32. The zero-order valence-electron chi connectivity index (χ0n) is 9.30. The smallest absolute Gasteiger partial charge is 0.565 e. The molecule has 0 heterocycles. The molecular formula is C10H15NaO4. The Kier molecular flexibility index (Phi) is 21.1. The molecule has 0 unspecified atom stereocenters. The molecule has 0 saturated heterocycles. The van der Waals surface area contributed by atoms with Crippen LogP contribution in [0.5, 0.6) is 0 Å². The Morgan fingerprint density at radius 1 is 1.33 bits per heavy atom. The van der Waals surface area contributed by atoms with Gasteiger partial charge in [-0.05, 0) is 13.8 Å². The van der Waals surface area contributed by atoms with Crippen LogP contribution < -0.4 is 34.7 Å². The van der Waals surface area contributed by atoms with Gasteiger partial charge in [0.1, 0.15) is 0 Å². The average Bonchev–Trinajstić information content (AvgIpc) is 2.05. The molecular weight excluding hydrogens is 207 g/mol. The van der Waals surface area contributed by atoms with E-state index >= 15 is 0 Å². The van der Waals surface area contributed by atoms with E-state index in [9.17, 15) is 0 Å². The summed E-state index contributed by atoms with van der Waals surface area (Å²) in [6.07, 6.45) is -2.08. The molecule has 1 rings (SSSR count). The number of rotatable bonds is 0. The quantitative estimate of drug-likeness (QED) is 0.492. The first-order valence-electron chi connectivity index (χ1n) is 4.07. The second kappa shape index (κ2) is 15.9. The van der Waals surface area contributed by atoms with Gasteiger partial charge in [0.25, 0.3) is 0 Å². The van der Waals surface area contributed by atoms with E-state index in [1.54, 1.807) is 6.92 Å². The van der Waals surface area contributed by atoms with E-state index in [1.165, 1.54) is 5.56 Å². The van der Waals surface area contributed by atoms with Crippen molar-refractivity contribution in [3.63, 3.8) is 0 Å². The average molecular weight is 222 g/mol. The van der Waals surface area contributed by atoms with Crippen LogP contribution in [-0.2, 0) is 0 Å². The SMILES string of the molecule is CCO.Cc1ccccc1.O=C([O-])O.[Na+]. The molecule has 1 aromatic rings. The third-order valence-electron chi connectivity index (χ3n) is 0.940. The van der Waals surface area contributed by atoms with Crippen molar-refractivity contribution in [1.82, 2.24) is 0 Å². The molecule has 0 aliphatic heterocycles. The number of benzene rings is 1. The van der Waals surface area contributed by atoms with Crippen molar-refractivity contribution >= 4 is 6.16 Å². The summed E-state index contributed by atoms with van der Waals surface area (Å²) in [5.74, 6) is 0. The monoisotopic (exact) mass is 222 g/mol. The number of carboxylic acid groups (broad SMARTS) is 2. The Balaban J connectivity index is -0.000000158. The summed E-state index contributed by atoms with van der Waals surface area (Å²) in [5, 5.41) is 22.9. The maximum Gasteiger partial charge on any atom is 1.00 e. The summed E-state index contributed by atoms with van der Waals surface area (Å²) in [6.45, 7) is 4.01. The molecule has 1 aromatic carbocycles. The first-order valence-corrected chi connectivity index (χ1v) is 4.07. The molecule has 0 bridgehead atoms. The third-order valence-corrected chi connectivity index (χ3v) is 0.940. The second-order valence-corrected chi connectivity index (χ2v) is 2.24. The molecule has 0 radical (unpaired) electrons. The minimum Gasteiger partial charge on any atom is -0.565 e. The fourth-order valence-corrected chi connectivity index (χ4v) is 0.534. The number of carbonyl (C=O) groups is 1. The molecule has 0 aliphatic carbocycles. The van der Waals surface area contributed by atoms with Crippen LogP contribution in [0.3, 0.4) is 0 Å². The Bertz CT molecular complexity index is 222. The maximum absolute atomic E-state index is 8.44. The zero-order valence-corrected chi connectivity index (χ0v) is 11.3. The first-order chi connectivity index (χ1) is 6.54. The minimum absolute atomic E-state index is 0. The topological polar surface area (TPSA) is 80.6 Å². The number of hydrogen-bond donors (Lipinski definition) is 2. The Labute approximate surface area is 112 Å². The molecule has 0 aromatic heterocycles. The Morgan fingerprint density at radius 3 is 1.73 bits per heavy atom. The molecule has 0 atom stereocenters. The Hall–Kier alpha value is -0.550. The molecule has 80 valence electrons. The predicted octanol–water partition coefficient (Wildman–Crippen LogP) is -2.11. The van der Waals surface area contributed by atoms with E-state index in [0.29, 0.717) is 0 Å². The summed E-state index contributed by atoms with van der Waals surface area (Å²) >= 11 is 0. The number of aliphatic hydroxyl groups is 1. The first kappa shape index (κ1) is 19.9. The molecule has 0 amide bonds. The summed E-state index contributed by atoms with van der Waals surface area (Å²) in [4.78, 5) is 8.44. The molecule has 0 fully saturated rings. The van der Waals surface area contributed by atoms with E-state index in [0.717, 1.165) is 0 Å². The number of aryl methyl sites for hydroxylation is 1. The van der Waals surface area contributed by atoms with Crippen LogP contribution >= 0.6 is 0 Å². The van der Waals surface area contributed by atoms with Crippen LogP contribution in [-0.4, -0.2) is 23.0 Å². The van der Waals surface area contributed by atoms with Gasteiger partial charge in [-0.15, -0.1) is 0 Å². The van der Waals surface area contributed by atoms with Gasteiger partial charge in [0.05, 0.1) is 0 Å². The van der Waals surface area contributed by atoms with Crippen molar-refractivity contribution in [1.29, 1.82) is 0 Å². The molecule has 0 saturated carbocycles. The fourth-order valence-electron chi connectivity index (χ4n) is 0.534. The van der Waals surface area contributed by atoms with E-state index in [-0.39, 0.29) is 36.2 Å². The van der Waals surface area contributed by atoms with Crippen molar-refractivity contribution in [2.45, 2.75) is 13.8 Å². The number of aliphatic hydroxyl groups excluding tert-OH is 1. The van der Waals surface area contributed by atoms with Crippen molar-refractivity contribution in [2.75, 3.05) is 6.61 Å². The third kappa shape index (κ3) is 31.8. The van der Waals surface area contributed by atoms with Crippen molar-refractivity contribution < 1.29 is 49.7 Å².